The number of rotatable bonds is 4. The van der Waals surface area contributed by atoms with Crippen LogP contribution in [0.2, 0.25) is 0 Å². The first-order chi connectivity index (χ1) is 18.2. The molecular weight excluding hydrogens is 510 g/mol. The van der Waals surface area contributed by atoms with Crippen molar-refractivity contribution in [3.05, 3.63) is 81.5 Å². The lowest BCUT2D eigenvalue weighted by Gasteiger charge is -2.31. The second-order valence-corrected chi connectivity index (χ2v) is 8.64. The Morgan fingerprint density at radius 2 is 1.82 bits per heavy atom. The molecule has 2 aromatic carbocycles. The first-order valence-corrected chi connectivity index (χ1v) is 11.3. The number of nitriles is 1. The van der Waals surface area contributed by atoms with Gasteiger partial charge in [0.05, 0.1) is 11.3 Å². The zero-order valence-electron chi connectivity index (χ0n) is 19.3. The van der Waals surface area contributed by atoms with Gasteiger partial charge in [-0.05, 0) is 48.7 Å². The largest absolute Gasteiger partial charge is 0.503 e. The van der Waals surface area contributed by atoms with Gasteiger partial charge < -0.3 is 19.5 Å². The number of aromatic nitrogens is 3. The Bertz CT molecular complexity index is 1640. The number of likely N-dealkylation sites (tertiary alicyclic amines) is 1. The third kappa shape index (κ3) is 4.19. The molecule has 1 fully saturated rings. The number of amides is 1. The minimum absolute atomic E-state index is 0.181. The van der Waals surface area contributed by atoms with E-state index in [4.69, 9.17) is 4.52 Å². The molecule has 0 atom stereocenters. The number of halogens is 4. The minimum atomic E-state index is -1.81. The lowest BCUT2D eigenvalue weighted by atomic mass is 10.0. The van der Waals surface area contributed by atoms with Crippen molar-refractivity contribution in [1.29, 1.82) is 5.26 Å². The molecule has 194 valence electrons. The smallest absolute Gasteiger partial charge is 0.326 e. The molecule has 0 saturated carbocycles. The van der Waals surface area contributed by atoms with E-state index in [9.17, 15) is 37.5 Å². The maximum absolute atomic E-state index is 14.4. The normalized spacial score (nSPS) is 14.0. The van der Waals surface area contributed by atoms with E-state index in [1.54, 1.807) is 24.4 Å². The summed E-state index contributed by atoms with van der Waals surface area (Å²) in [6.45, 7) is 0.362. The van der Waals surface area contributed by atoms with Crippen molar-refractivity contribution in [3.63, 3.8) is 0 Å². The van der Waals surface area contributed by atoms with Crippen molar-refractivity contribution in [2.75, 3.05) is 13.1 Å². The highest BCUT2D eigenvalue weighted by molar-refractivity contribution is 5.96. The van der Waals surface area contributed by atoms with E-state index in [1.165, 1.54) is 21.6 Å². The molecule has 0 unspecified atom stereocenters. The molecule has 0 spiro atoms. The summed E-state index contributed by atoms with van der Waals surface area (Å²) in [6, 6.07) is 7.45. The highest BCUT2D eigenvalue weighted by Crippen LogP contribution is 2.35. The first kappa shape index (κ1) is 24.8. The van der Waals surface area contributed by atoms with E-state index in [0.717, 1.165) is 0 Å². The molecule has 3 heterocycles. The molecule has 0 bridgehead atoms. The van der Waals surface area contributed by atoms with Gasteiger partial charge in [-0.15, -0.1) is 0 Å². The van der Waals surface area contributed by atoms with Crippen LogP contribution >= 0.6 is 0 Å². The van der Waals surface area contributed by atoms with Crippen LogP contribution < -0.4 is 5.69 Å². The van der Waals surface area contributed by atoms with Gasteiger partial charge in [0.2, 0.25) is 5.82 Å². The molecule has 1 amide bonds. The Kier molecular flexibility index (Phi) is 6.23. The lowest BCUT2D eigenvalue weighted by molar-refractivity contribution is 0.0683. The summed E-state index contributed by atoms with van der Waals surface area (Å²) in [5.74, 6) is -8.32. The number of nitrogens with zero attached hydrogens (tertiary/aromatic N) is 4. The number of aromatic hydroxyl groups is 1. The summed E-state index contributed by atoms with van der Waals surface area (Å²) >= 11 is 0. The summed E-state index contributed by atoms with van der Waals surface area (Å²) in [6.07, 6.45) is 2.39. The number of carbonyl (C=O) groups excluding carboxylic acids is 1. The van der Waals surface area contributed by atoms with Crippen LogP contribution in [0.4, 0.5) is 17.6 Å². The average Bonchev–Trinajstić information content (AvgIpc) is 3.53. The molecule has 0 radical (unpaired) electrons. The van der Waals surface area contributed by atoms with Crippen LogP contribution in [-0.2, 0) is 0 Å². The van der Waals surface area contributed by atoms with Crippen LogP contribution in [0.3, 0.4) is 0 Å². The fourth-order valence-electron chi connectivity index (χ4n) is 4.43. The molecule has 0 aliphatic carbocycles. The van der Waals surface area contributed by atoms with Crippen molar-refractivity contribution in [3.8, 4) is 34.4 Å². The second kappa shape index (κ2) is 9.55. The van der Waals surface area contributed by atoms with Crippen LogP contribution in [-0.4, -0.2) is 43.7 Å². The summed E-state index contributed by atoms with van der Waals surface area (Å²) < 4.78 is 61.2. The van der Waals surface area contributed by atoms with Crippen molar-refractivity contribution >= 4 is 5.91 Å². The van der Waals surface area contributed by atoms with Crippen molar-refractivity contribution in [2.24, 2.45) is 0 Å². The van der Waals surface area contributed by atoms with Gasteiger partial charge in [0.1, 0.15) is 17.4 Å². The predicted octanol–water partition coefficient (Wildman–Crippen LogP) is 4.11. The van der Waals surface area contributed by atoms with Crippen molar-refractivity contribution in [1.82, 2.24) is 19.6 Å². The van der Waals surface area contributed by atoms with Crippen LogP contribution in [0.1, 0.15) is 34.9 Å². The average molecular weight is 527 g/mol. The second-order valence-electron chi connectivity index (χ2n) is 8.64. The van der Waals surface area contributed by atoms with Gasteiger partial charge in [-0.3, -0.25) is 9.36 Å². The van der Waals surface area contributed by atoms with Gasteiger partial charge in [0.25, 0.3) is 5.91 Å². The summed E-state index contributed by atoms with van der Waals surface area (Å²) in [5, 5.41) is 22.6. The standard InChI is InChI=1S/C25H17F4N5O4/c26-13-3-1-12(2-4-13)18-11-34(25(37)31-18)14-5-7-33(8-6-14)24(36)21-16(10-30)23(38-32-21)15-9-17(27)20(29)22(35)19(15)28/h1-4,9,11,14,35H,5-8H2,(H,31,37). The van der Waals surface area contributed by atoms with E-state index in [0.29, 0.717) is 30.2 Å². The number of benzene rings is 2. The van der Waals surface area contributed by atoms with Gasteiger partial charge >= 0.3 is 5.69 Å². The third-order valence-corrected chi connectivity index (χ3v) is 6.43. The molecular formula is C25H17F4N5O4. The predicted molar refractivity (Wildman–Crippen MR) is 123 cm³/mol. The molecule has 2 aromatic heterocycles. The van der Waals surface area contributed by atoms with E-state index in [1.807, 2.05) is 0 Å². The molecule has 1 saturated heterocycles. The number of hydrogen-bond acceptors (Lipinski definition) is 6. The van der Waals surface area contributed by atoms with Crippen LogP contribution in [0.5, 0.6) is 5.75 Å². The number of aromatic amines is 1. The molecule has 5 rings (SSSR count). The number of carbonyl (C=O) groups is 1. The Morgan fingerprint density at radius 3 is 2.47 bits per heavy atom. The van der Waals surface area contributed by atoms with Crippen LogP contribution in [0, 0.1) is 34.6 Å². The number of nitrogens with one attached hydrogen (secondary N) is 1. The number of piperidine rings is 1. The van der Waals surface area contributed by atoms with E-state index in [-0.39, 0.29) is 24.8 Å². The van der Waals surface area contributed by atoms with Gasteiger partial charge in [0, 0.05) is 25.3 Å². The molecule has 13 heteroatoms. The summed E-state index contributed by atoms with van der Waals surface area (Å²) in [7, 11) is 0. The Morgan fingerprint density at radius 1 is 1.13 bits per heavy atom. The maximum Gasteiger partial charge on any atom is 0.326 e. The topological polar surface area (TPSA) is 128 Å². The van der Waals surface area contributed by atoms with Crippen molar-refractivity contribution in [2.45, 2.75) is 18.9 Å². The zero-order chi connectivity index (χ0) is 27.1. The fraction of sp³-hybridized carbons (Fsp3) is 0.200. The number of phenols is 1. The lowest BCUT2D eigenvalue weighted by Crippen LogP contribution is -2.40. The fourth-order valence-corrected chi connectivity index (χ4v) is 4.43. The van der Waals surface area contributed by atoms with Gasteiger partial charge in [-0.25, -0.2) is 18.0 Å². The first-order valence-electron chi connectivity index (χ1n) is 11.3. The molecule has 1 aliphatic heterocycles. The van der Waals surface area contributed by atoms with Gasteiger partial charge in [-0.1, -0.05) is 5.16 Å². The Labute approximate surface area is 211 Å². The number of H-pyrrole nitrogens is 1. The quantitative estimate of drug-likeness (QED) is 0.304. The number of phenolic OH excluding ortho intramolecular Hbond substituents is 1. The third-order valence-electron chi connectivity index (χ3n) is 6.43. The molecule has 9 nitrogen and oxygen atoms in total. The van der Waals surface area contributed by atoms with E-state index >= 15 is 0 Å². The van der Waals surface area contributed by atoms with E-state index < -0.39 is 57.5 Å². The molecule has 4 aromatic rings. The Balaban J connectivity index is 1.34. The summed E-state index contributed by atoms with van der Waals surface area (Å²) in [5.41, 5.74) is -0.954. The van der Waals surface area contributed by atoms with E-state index in [2.05, 4.69) is 10.1 Å². The van der Waals surface area contributed by atoms with Crippen LogP contribution in [0.15, 0.2) is 45.8 Å². The van der Waals surface area contributed by atoms with Crippen molar-refractivity contribution < 1.29 is 32.0 Å². The molecule has 1 aliphatic rings. The summed E-state index contributed by atoms with van der Waals surface area (Å²) in [4.78, 5) is 29.7. The number of hydrogen-bond donors (Lipinski definition) is 2. The zero-order valence-corrected chi connectivity index (χ0v) is 19.3. The Hall–Kier alpha value is -4.86. The van der Waals surface area contributed by atoms with Crippen LogP contribution in [0.25, 0.3) is 22.6 Å². The SMILES string of the molecule is N#Cc1c(C(=O)N2CCC(n3cc(-c4ccc(F)cc4)[nH]c3=O)CC2)noc1-c1cc(F)c(F)c(O)c1F. The van der Waals surface area contributed by atoms with Gasteiger partial charge in [-0.2, -0.15) is 9.65 Å². The molecule has 2 N–H and O–H groups in total. The minimum Gasteiger partial charge on any atom is -0.503 e. The monoisotopic (exact) mass is 527 g/mol. The highest BCUT2D eigenvalue weighted by Gasteiger charge is 2.32. The maximum atomic E-state index is 14.4. The van der Waals surface area contributed by atoms with Gasteiger partial charge in [0.15, 0.2) is 28.8 Å². The number of imidazole rings is 1. The highest BCUT2D eigenvalue weighted by atomic mass is 19.2. The molecule has 38 heavy (non-hydrogen) atoms.